The molecule has 82 valence electrons. The van der Waals surface area contributed by atoms with Gasteiger partial charge in [0.05, 0.1) is 4.90 Å². The predicted molar refractivity (Wildman–Crippen MR) is 51.5 cm³/mol. The van der Waals surface area contributed by atoms with Crippen molar-refractivity contribution in [3.8, 4) is 0 Å². The van der Waals surface area contributed by atoms with E-state index in [9.17, 15) is 17.4 Å². The van der Waals surface area contributed by atoms with E-state index in [0.717, 1.165) is 12.1 Å². The summed E-state index contributed by atoms with van der Waals surface area (Å²) >= 11 is 0. The summed E-state index contributed by atoms with van der Waals surface area (Å²) in [7, 11) is -4.43. The van der Waals surface area contributed by atoms with Crippen LogP contribution in [0.3, 0.4) is 0 Å². The largest absolute Gasteiger partial charge is 0.483 e. The van der Waals surface area contributed by atoms with E-state index < -0.39 is 15.2 Å². The maximum Gasteiger partial charge on any atom is 0.483 e. The molecule has 0 saturated heterocycles. The molecule has 1 aromatic rings. The lowest BCUT2D eigenvalue weighted by molar-refractivity contribution is -0.0402. The van der Waals surface area contributed by atoms with Crippen molar-refractivity contribution in [2.45, 2.75) is 10.4 Å². The summed E-state index contributed by atoms with van der Waals surface area (Å²) < 4.78 is 52.3. The molecule has 0 fully saturated rings. The second-order valence-electron chi connectivity index (χ2n) is 2.57. The van der Waals surface area contributed by atoms with Crippen molar-refractivity contribution in [1.82, 2.24) is 0 Å². The fourth-order valence-corrected chi connectivity index (χ4v) is 2.21. The summed E-state index contributed by atoms with van der Waals surface area (Å²) in [5.74, 6) is 0. The standard InChI is InChI=1S/C9H8F3NOS/c1-2-13-15(14,9(10,11)12)8-6-4-3-5-7-8/h2-7H,1H2. The fourth-order valence-electron chi connectivity index (χ4n) is 0.964. The van der Waals surface area contributed by atoms with Crippen LogP contribution in [0.4, 0.5) is 13.2 Å². The molecule has 0 bridgehead atoms. The molecule has 1 unspecified atom stereocenters. The second kappa shape index (κ2) is 4.06. The number of nitrogens with zero attached hydrogens (tertiary/aromatic N) is 1. The molecule has 1 rings (SSSR count). The minimum absolute atomic E-state index is 0.364. The van der Waals surface area contributed by atoms with E-state index >= 15 is 0 Å². The molecular weight excluding hydrogens is 227 g/mol. The van der Waals surface area contributed by atoms with Gasteiger partial charge in [0.25, 0.3) is 0 Å². The Kier molecular flexibility index (Phi) is 3.18. The Labute approximate surface area is 85.6 Å². The normalized spacial score (nSPS) is 15.4. The summed E-state index contributed by atoms with van der Waals surface area (Å²) in [6.07, 6.45) is 0.656. The van der Waals surface area contributed by atoms with Gasteiger partial charge in [0.15, 0.2) is 9.73 Å². The zero-order chi connectivity index (χ0) is 11.5. The Hall–Kier alpha value is -1.30. The summed E-state index contributed by atoms with van der Waals surface area (Å²) in [6.45, 7) is 3.04. The van der Waals surface area contributed by atoms with Crippen LogP contribution in [0.15, 0.2) is 52.4 Å². The van der Waals surface area contributed by atoms with Crippen LogP contribution in [-0.2, 0) is 9.73 Å². The van der Waals surface area contributed by atoms with Crippen molar-refractivity contribution in [1.29, 1.82) is 0 Å². The molecule has 1 atom stereocenters. The van der Waals surface area contributed by atoms with Gasteiger partial charge in [-0.25, -0.2) is 4.21 Å². The first-order valence-electron chi connectivity index (χ1n) is 3.90. The average Bonchev–Trinajstić information content (AvgIpc) is 2.18. The van der Waals surface area contributed by atoms with Crippen molar-refractivity contribution in [3.05, 3.63) is 43.1 Å². The van der Waals surface area contributed by atoms with Gasteiger partial charge in [0.1, 0.15) is 0 Å². The molecule has 2 nitrogen and oxygen atoms in total. The molecule has 0 aliphatic carbocycles. The van der Waals surface area contributed by atoms with Gasteiger partial charge in [-0.3, -0.25) is 0 Å². The van der Waals surface area contributed by atoms with Gasteiger partial charge in [-0.05, 0) is 12.1 Å². The molecule has 15 heavy (non-hydrogen) atoms. The fraction of sp³-hybridized carbons (Fsp3) is 0.111. The summed E-state index contributed by atoms with van der Waals surface area (Å²) in [5.41, 5.74) is -4.90. The third kappa shape index (κ3) is 2.20. The Morgan fingerprint density at radius 2 is 1.80 bits per heavy atom. The molecule has 0 saturated carbocycles. The highest BCUT2D eigenvalue weighted by atomic mass is 32.2. The SMILES string of the molecule is C=CN=S(=O)(c1ccccc1)C(F)(F)F. The summed E-state index contributed by atoms with van der Waals surface area (Å²) in [5, 5.41) is 0. The molecule has 0 spiro atoms. The van der Waals surface area contributed by atoms with E-state index in [2.05, 4.69) is 10.9 Å². The van der Waals surface area contributed by atoms with E-state index in [1.54, 1.807) is 0 Å². The van der Waals surface area contributed by atoms with E-state index in [1.165, 1.54) is 18.2 Å². The van der Waals surface area contributed by atoms with Gasteiger partial charge in [-0.1, -0.05) is 24.8 Å². The maximum absolute atomic E-state index is 12.6. The van der Waals surface area contributed by atoms with Crippen LogP contribution < -0.4 is 0 Å². The number of hydrogen-bond donors (Lipinski definition) is 0. The lowest BCUT2D eigenvalue weighted by atomic mass is 10.4. The summed E-state index contributed by atoms with van der Waals surface area (Å²) in [4.78, 5) is -0.364. The topological polar surface area (TPSA) is 29.4 Å². The van der Waals surface area contributed by atoms with Gasteiger partial charge >= 0.3 is 5.51 Å². The van der Waals surface area contributed by atoms with Crippen LogP contribution in [0.2, 0.25) is 0 Å². The Bertz CT molecular complexity index is 458. The van der Waals surface area contributed by atoms with E-state index in [4.69, 9.17) is 0 Å². The Morgan fingerprint density at radius 3 is 2.20 bits per heavy atom. The highest BCUT2D eigenvalue weighted by Gasteiger charge is 2.44. The maximum atomic E-state index is 12.6. The van der Waals surface area contributed by atoms with Crippen LogP contribution in [-0.4, -0.2) is 9.72 Å². The highest BCUT2D eigenvalue weighted by Crippen LogP contribution is 2.32. The molecule has 0 amide bonds. The van der Waals surface area contributed by atoms with Crippen molar-refractivity contribution in [3.63, 3.8) is 0 Å². The number of rotatable bonds is 2. The average molecular weight is 235 g/mol. The third-order valence-corrected chi connectivity index (χ3v) is 3.58. The third-order valence-electron chi connectivity index (χ3n) is 1.60. The van der Waals surface area contributed by atoms with Crippen molar-refractivity contribution >= 4 is 9.73 Å². The quantitative estimate of drug-likeness (QED) is 0.774. The number of halogens is 3. The lowest BCUT2D eigenvalue weighted by Crippen LogP contribution is -2.22. The molecule has 0 heterocycles. The molecule has 0 N–H and O–H groups in total. The first-order chi connectivity index (χ1) is 6.92. The molecule has 0 radical (unpaired) electrons. The highest BCUT2D eigenvalue weighted by molar-refractivity contribution is 7.94. The molecule has 0 aromatic heterocycles. The lowest BCUT2D eigenvalue weighted by Gasteiger charge is -2.12. The number of hydrogen-bond acceptors (Lipinski definition) is 2. The van der Waals surface area contributed by atoms with Crippen LogP contribution in [0.5, 0.6) is 0 Å². The van der Waals surface area contributed by atoms with Crippen LogP contribution in [0.25, 0.3) is 0 Å². The van der Waals surface area contributed by atoms with Gasteiger partial charge in [0.2, 0.25) is 0 Å². The smallest absolute Gasteiger partial charge is 0.235 e. The van der Waals surface area contributed by atoms with Crippen molar-refractivity contribution in [2.75, 3.05) is 0 Å². The Morgan fingerprint density at radius 1 is 1.27 bits per heavy atom. The molecule has 0 aliphatic heterocycles. The van der Waals surface area contributed by atoms with Gasteiger partial charge in [-0.15, -0.1) is 0 Å². The minimum atomic E-state index is -4.90. The van der Waals surface area contributed by atoms with Crippen molar-refractivity contribution in [2.24, 2.45) is 4.36 Å². The number of alkyl halides is 3. The second-order valence-corrected chi connectivity index (χ2v) is 4.77. The molecule has 6 heteroatoms. The predicted octanol–water partition coefficient (Wildman–Crippen LogP) is 3.18. The number of benzene rings is 1. The zero-order valence-corrected chi connectivity index (χ0v) is 8.39. The van der Waals surface area contributed by atoms with Gasteiger partial charge in [0, 0.05) is 6.20 Å². The monoisotopic (exact) mass is 235 g/mol. The van der Waals surface area contributed by atoms with Gasteiger partial charge in [-0.2, -0.15) is 17.5 Å². The molecular formula is C9H8F3NOS. The molecule has 1 aromatic carbocycles. The van der Waals surface area contributed by atoms with E-state index in [0.29, 0.717) is 6.20 Å². The minimum Gasteiger partial charge on any atom is -0.235 e. The van der Waals surface area contributed by atoms with Crippen LogP contribution in [0, 0.1) is 0 Å². The first kappa shape index (κ1) is 11.8. The first-order valence-corrected chi connectivity index (χ1v) is 5.42. The van der Waals surface area contributed by atoms with Crippen LogP contribution >= 0.6 is 0 Å². The van der Waals surface area contributed by atoms with E-state index in [1.807, 2.05) is 0 Å². The van der Waals surface area contributed by atoms with Crippen molar-refractivity contribution < 1.29 is 17.4 Å². The van der Waals surface area contributed by atoms with Gasteiger partial charge < -0.3 is 0 Å². The van der Waals surface area contributed by atoms with E-state index in [-0.39, 0.29) is 4.90 Å². The zero-order valence-electron chi connectivity index (χ0n) is 7.57. The molecule has 0 aliphatic rings. The summed E-state index contributed by atoms with van der Waals surface area (Å²) in [6, 6.07) is 6.54. The Balaban J connectivity index is 3.48. The van der Waals surface area contributed by atoms with Crippen LogP contribution in [0.1, 0.15) is 0 Å².